The number of benzene rings is 2. The van der Waals surface area contributed by atoms with E-state index in [-0.39, 0.29) is 12.2 Å². The molecule has 8 heteroatoms. The predicted octanol–water partition coefficient (Wildman–Crippen LogP) is 3.88. The molecule has 0 aliphatic rings. The van der Waals surface area contributed by atoms with Gasteiger partial charge in [-0.25, -0.2) is 19.3 Å². The Morgan fingerprint density at radius 1 is 0.971 bits per heavy atom. The number of oxazole rings is 1. The Morgan fingerprint density at radius 3 is 2.47 bits per heavy atom. The van der Waals surface area contributed by atoms with Crippen molar-refractivity contribution in [2.75, 3.05) is 7.11 Å². The van der Waals surface area contributed by atoms with Gasteiger partial charge in [0.25, 0.3) is 5.56 Å². The third-order valence-electron chi connectivity index (χ3n) is 5.80. The molecular weight excluding hydrogens is 432 g/mol. The molecule has 170 valence electrons. The van der Waals surface area contributed by atoms with Gasteiger partial charge in [-0.1, -0.05) is 18.2 Å². The van der Waals surface area contributed by atoms with E-state index < -0.39 is 11.2 Å². The SMILES string of the molecule is COc1ccc(-n2c(=O)n(Cc3nc(-c4ccccc4C)oc3C)c(=O)c3cccnc32)cc1. The van der Waals surface area contributed by atoms with Crippen molar-refractivity contribution in [3.63, 3.8) is 0 Å². The number of rotatable bonds is 5. The second-order valence-electron chi connectivity index (χ2n) is 7.92. The molecule has 8 nitrogen and oxygen atoms in total. The minimum atomic E-state index is -0.513. The first kappa shape index (κ1) is 21.4. The molecule has 5 aromatic rings. The van der Waals surface area contributed by atoms with Crippen molar-refractivity contribution in [3.8, 4) is 22.9 Å². The summed E-state index contributed by atoms with van der Waals surface area (Å²) >= 11 is 0. The highest BCUT2D eigenvalue weighted by Crippen LogP contribution is 2.25. The van der Waals surface area contributed by atoms with Crippen LogP contribution >= 0.6 is 0 Å². The Balaban J connectivity index is 1.67. The lowest BCUT2D eigenvalue weighted by atomic mass is 10.1. The van der Waals surface area contributed by atoms with Gasteiger partial charge in [-0.3, -0.25) is 9.36 Å². The van der Waals surface area contributed by atoms with E-state index in [1.165, 1.54) is 9.13 Å². The summed E-state index contributed by atoms with van der Waals surface area (Å²) in [5.41, 5.74) is 2.31. The molecule has 0 aliphatic heterocycles. The third kappa shape index (κ3) is 3.59. The fraction of sp³-hybridized carbons (Fsp3) is 0.154. The van der Waals surface area contributed by atoms with E-state index in [4.69, 9.17) is 9.15 Å². The number of aryl methyl sites for hydroxylation is 2. The van der Waals surface area contributed by atoms with Crippen LogP contribution in [0.2, 0.25) is 0 Å². The Kier molecular flexibility index (Phi) is 5.33. The molecule has 0 spiro atoms. The van der Waals surface area contributed by atoms with Crippen molar-refractivity contribution in [2.24, 2.45) is 0 Å². The predicted molar refractivity (Wildman–Crippen MR) is 129 cm³/mol. The van der Waals surface area contributed by atoms with Crippen molar-refractivity contribution >= 4 is 11.0 Å². The highest BCUT2D eigenvalue weighted by Gasteiger charge is 2.19. The zero-order valence-corrected chi connectivity index (χ0v) is 19.0. The van der Waals surface area contributed by atoms with Crippen molar-refractivity contribution < 1.29 is 9.15 Å². The lowest BCUT2D eigenvalue weighted by molar-refractivity contribution is 0.414. The molecule has 0 N–H and O–H groups in total. The molecule has 0 aliphatic carbocycles. The largest absolute Gasteiger partial charge is 0.497 e. The summed E-state index contributed by atoms with van der Waals surface area (Å²) in [5.74, 6) is 1.66. The van der Waals surface area contributed by atoms with Crippen LogP contribution in [0.1, 0.15) is 17.0 Å². The number of hydrogen-bond acceptors (Lipinski definition) is 6. The summed E-state index contributed by atoms with van der Waals surface area (Å²) in [7, 11) is 1.57. The lowest BCUT2D eigenvalue weighted by Crippen LogP contribution is -2.40. The summed E-state index contributed by atoms with van der Waals surface area (Å²) in [6.45, 7) is 3.72. The molecule has 0 saturated heterocycles. The lowest BCUT2D eigenvalue weighted by Gasteiger charge is -2.13. The first-order chi connectivity index (χ1) is 16.5. The van der Waals surface area contributed by atoms with E-state index in [9.17, 15) is 9.59 Å². The number of fused-ring (bicyclic) bond motifs is 1. The van der Waals surface area contributed by atoms with Crippen molar-refractivity contribution in [1.82, 2.24) is 19.1 Å². The van der Waals surface area contributed by atoms with Gasteiger partial charge in [0.05, 0.1) is 24.7 Å². The van der Waals surface area contributed by atoms with Crippen LogP contribution in [0.15, 0.2) is 80.9 Å². The summed E-state index contributed by atoms with van der Waals surface area (Å²) in [5, 5.41) is 0.332. The molecule has 0 radical (unpaired) electrons. The van der Waals surface area contributed by atoms with Gasteiger partial charge in [0.15, 0.2) is 5.65 Å². The standard InChI is InChI=1S/C26H22N4O4/c1-16-7-4-5-8-20(16)24-28-22(17(2)34-24)15-29-25(31)21-9-6-14-27-23(21)30(26(29)32)18-10-12-19(33-3)13-11-18/h4-14H,15H2,1-3H3. The van der Waals surface area contributed by atoms with Crippen LogP contribution in [0.4, 0.5) is 0 Å². The second-order valence-corrected chi connectivity index (χ2v) is 7.92. The minimum absolute atomic E-state index is 0.0279. The van der Waals surface area contributed by atoms with Gasteiger partial charge in [0.1, 0.15) is 17.2 Å². The molecule has 5 rings (SSSR count). The molecule has 2 aromatic carbocycles. The van der Waals surface area contributed by atoms with Gasteiger partial charge in [-0.2, -0.15) is 0 Å². The first-order valence-electron chi connectivity index (χ1n) is 10.7. The maximum absolute atomic E-state index is 13.6. The number of hydrogen-bond donors (Lipinski definition) is 0. The zero-order chi connectivity index (χ0) is 23.8. The van der Waals surface area contributed by atoms with Crippen LogP contribution in [0.5, 0.6) is 5.75 Å². The molecule has 0 amide bonds. The molecule has 3 aromatic heterocycles. The maximum atomic E-state index is 13.6. The quantitative estimate of drug-likeness (QED) is 0.400. The summed E-state index contributed by atoms with van der Waals surface area (Å²) in [6.07, 6.45) is 1.56. The molecule has 0 unspecified atom stereocenters. The van der Waals surface area contributed by atoms with Crippen LogP contribution in [0.25, 0.3) is 28.2 Å². The molecule has 34 heavy (non-hydrogen) atoms. The Labute approximate surface area is 194 Å². The van der Waals surface area contributed by atoms with E-state index in [0.29, 0.717) is 34.2 Å². The monoisotopic (exact) mass is 454 g/mol. The second kappa shape index (κ2) is 8.47. The van der Waals surface area contributed by atoms with E-state index in [1.54, 1.807) is 56.6 Å². The normalized spacial score (nSPS) is 11.1. The Hall–Kier alpha value is -4.46. The number of ether oxygens (including phenoxy) is 1. The number of aromatic nitrogens is 4. The summed E-state index contributed by atoms with van der Waals surface area (Å²) in [6, 6.07) is 18.1. The van der Waals surface area contributed by atoms with Crippen molar-refractivity contribution in [1.29, 1.82) is 0 Å². The molecule has 0 fully saturated rings. The van der Waals surface area contributed by atoms with Crippen LogP contribution < -0.4 is 16.0 Å². The first-order valence-corrected chi connectivity index (χ1v) is 10.7. The molecular formula is C26H22N4O4. The van der Waals surface area contributed by atoms with Crippen LogP contribution in [0, 0.1) is 13.8 Å². The van der Waals surface area contributed by atoms with Crippen molar-refractivity contribution in [2.45, 2.75) is 20.4 Å². The number of nitrogens with zero attached hydrogens (tertiary/aromatic N) is 4. The van der Waals surface area contributed by atoms with E-state index in [0.717, 1.165) is 11.1 Å². The van der Waals surface area contributed by atoms with Crippen LogP contribution in [-0.2, 0) is 6.54 Å². The Morgan fingerprint density at radius 2 is 1.74 bits per heavy atom. The summed E-state index contributed by atoms with van der Waals surface area (Å²) in [4.78, 5) is 35.9. The summed E-state index contributed by atoms with van der Waals surface area (Å²) < 4.78 is 13.7. The highest BCUT2D eigenvalue weighted by atomic mass is 16.5. The average molecular weight is 454 g/mol. The van der Waals surface area contributed by atoms with Gasteiger partial charge >= 0.3 is 5.69 Å². The molecule has 0 atom stereocenters. The van der Waals surface area contributed by atoms with Crippen LogP contribution in [0.3, 0.4) is 0 Å². The smallest absolute Gasteiger partial charge is 0.337 e. The van der Waals surface area contributed by atoms with Gasteiger partial charge in [0, 0.05) is 11.8 Å². The highest BCUT2D eigenvalue weighted by molar-refractivity contribution is 5.75. The van der Waals surface area contributed by atoms with Gasteiger partial charge < -0.3 is 9.15 Å². The topological polar surface area (TPSA) is 92.1 Å². The minimum Gasteiger partial charge on any atom is -0.497 e. The molecule has 3 heterocycles. The zero-order valence-electron chi connectivity index (χ0n) is 19.0. The van der Waals surface area contributed by atoms with Gasteiger partial charge in [0.2, 0.25) is 5.89 Å². The fourth-order valence-electron chi connectivity index (χ4n) is 3.94. The Bertz CT molecular complexity index is 1630. The molecule has 0 saturated carbocycles. The van der Waals surface area contributed by atoms with E-state index in [2.05, 4.69) is 9.97 Å². The van der Waals surface area contributed by atoms with Crippen LogP contribution in [-0.4, -0.2) is 26.2 Å². The van der Waals surface area contributed by atoms with E-state index in [1.807, 2.05) is 31.2 Å². The number of pyridine rings is 1. The third-order valence-corrected chi connectivity index (χ3v) is 5.80. The van der Waals surface area contributed by atoms with Gasteiger partial charge in [-0.05, 0) is 61.9 Å². The molecule has 0 bridgehead atoms. The van der Waals surface area contributed by atoms with Crippen molar-refractivity contribution in [3.05, 3.63) is 105 Å². The number of methoxy groups -OCH3 is 1. The van der Waals surface area contributed by atoms with Gasteiger partial charge in [-0.15, -0.1) is 0 Å². The van der Waals surface area contributed by atoms with E-state index >= 15 is 0 Å². The average Bonchev–Trinajstić information content (AvgIpc) is 3.22. The maximum Gasteiger partial charge on any atom is 0.337 e. The fourth-order valence-corrected chi connectivity index (χ4v) is 3.94.